The van der Waals surface area contributed by atoms with Gasteiger partial charge in [0.15, 0.2) is 0 Å². The van der Waals surface area contributed by atoms with Crippen LogP contribution in [0.5, 0.6) is 0 Å². The third kappa shape index (κ3) is 5.36. The van der Waals surface area contributed by atoms with Gasteiger partial charge in [0, 0.05) is 56.7 Å². The molecule has 0 bridgehead atoms. The molecule has 9 heteroatoms. The smallest absolute Gasteiger partial charge is 0.251 e. The van der Waals surface area contributed by atoms with Gasteiger partial charge >= 0.3 is 0 Å². The summed E-state index contributed by atoms with van der Waals surface area (Å²) in [7, 11) is -3.27. The van der Waals surface area contributed by atoms with Gasteiger partial charge in [-0.15, -0.1) is 0 Å². The van der Waals surface area contributed by atoms with Crippen LogP contribution in [0.1, 0.15) is 49.4 Å². The fourth-order valence-corrected chi connectivity index (χ4v) is 5.94. The number of alkyl halides is 2. The van der Waals surface area contributed by atoms with Gasteiger partial charge in [-0.1, -0.05) is 25.1 Å². The van der Waals surface area contributed by atoms with Crippen molar-refractivity contribution in [3.63, 3.8) is 0 Å². The maximum atomic E-state index is 13.9. The second-order valence-electron chi connectivity index (χ2n) is 8.33. The van der Waals surface area contributed by atoms with Crippen molar-refractivity contribution >= 4 is 15.9 Å². The zero-order valence-electron chi connectivity index (χ0n) is 17.4. The Balaban J connectivity index is 1.69. The highest BCUT2D eigenvalue weighted by atomic mass is 32.2. The number of sulfonamides is 1. The molecule has 1 saturated carbocycles. The summed E-state index contributed by atoms with van der Waals surface area (Å²) in [6.07, 6.45) is 0.672. The molecule has 6 nitrogen and oxygen atoms in total. The number of hydrogen-bond donors (Lipinski definition) is 1. The minimum atomic E-state index is -3.27. The molecular formula is C21H31F2N3O3S. The van der Waals surface area contributed by atoms with Crippen LogP contribution >= 0.6 is 0 Å². The summed E-state index contributed by atoms with van der Waals surface area (Å²) in [5.41, 5.74) is -0.0449. The maximum absolute atomic E-state index is 13.9. The number of rotatable bonds is 7. The number of benzene rings is 1. The van der Waals surface area contributed by atoms with E-state index in [1.165, 1.54) is 4.31 Å². The molecule has 1 aromatic rings. The summed E-state index contributed by atoms with van der Waals surface area (Å²) in [6, 6.07) is 8.82. The number of carbonyl (C=O) groups is 1. The Bertz CT molecular complexity index is 815. The van der Waals surface area contributed by atoms with E-state index in [0.717, 1.165) is 0 Å². The van der Waals surface area contributed by atoms with Crippen LogP contribution < -0.4 is 5.32 Å². The molecular weight excluding hydrogens is 412 g/mol. The molecule has 1 saturated heterocycles. The van der Waals surface area contributed by atoms with Gasteiger partial charge < -0.3 is 5.32 Å². The molecule has 0 radical (unpaired) electrons. The van der Waals surface area contributed by atoms with Crippen molar-refractivity contribution in [3.05, 3.63) is 35.9 Å². The first kappa shape index (κ1) is 23.1. The Morgan fingerprint density at radius 3 is 2.20 bits per heavy atom. The number of hydrogen-bond acceptors (Lipinski definition) is 4. The molecule has 1 heterocycles. The zero-order chi connectivity index (χ0) is 21.8. The van der Waals surface area contributed by atoms with Crippen molar-refractivity contribution in [1.82, 2.24) is 14.5 Å². The van der Waals surface area contributed by atoms with Gasteiger partial charge in [0.25, 0.3) is 5.91 Å². The molecule has 0 aromatic heterocycles. The molecule has 168 valence electrons. The molecule has 3 rings (SSSR count). The van der Waals surface area contributed by atoms with Crippen LogP contribution in [0.15, 0.2) is 30.3 Å². The Hall–Kier alpha value is -1.58. The molecule has 1 aromatic carbocycles. The zero-order valence-corrected chi connectivity index (χ0v) is 18.3. The topological polar surface area (TPSA) is 69.7 Å². The molecule has 1 aliphatic heterocycles. The van der Waals surface area contributed by atoms with Crippen LogP contribution in [0.3, 0.4) is 0 Å². The fourth-order valence-electron chi connectivity index (χ4n) is 4.45. The predicted molar refractivity (Wildman–Crippen MR) is 112 cm³/mol. The molecule has 30 heavy (non-hydrogen) atoms. The monoisotopic (exact) mass is 443 g/mol. The summed E-state index contributed by atoms with van der Waals surface area (Å²) in [4.78, 5) is 14.6. The molecule has 0 atom stereocenters. The van der Waals surface area contributed by atoms with Gasteiger partial charge in [-0.3, -0.25) is 9.69 Å². The number of nitrogens with zero attached hydrogens (tertiary/aromatic N) is 2. The molecule has 0 unspecified atom stereocenters. The highest BCUT2D eigenvalue weighted by Crippen LogP contribution is 2.41. The van der Waals surface area contributed by atoms with Gasteiger partial charge in [0.1, 0.15) is 0 Å². The first-order chi connectivity index (χ1) is 14.2. The van der Waals surface area contributed by atoms with Crippen LogP contribution in [-0.2, 0) is 10.0 Å². The van der Waals surface area contributed by atoms with E-state index in [-0.39, 0.29) is 43.9 Å². The van der Waals surface area contributed by atoms with E-state index in [2.05, 4.69) is 10.2 Å². The van der Waals surface area contributed by atoms with E-state index in [1.54, 1.807) is 24.3 Å². The van der Waals surface area contributed by atoms with Crippen LogP contribution in [0.2, 0.25) is 0 Å². The predicted octanol–water partition coefficient (Wildman–Crippen LogP) is 2.72. The first-order valence-corrected chi connectivity index (χ1v) is 12.2. The van der Waals surface area contributed by atoms with E-state index < -0.39 is 21.5 Å². The Morgan fingerprint density at radius 2 is 1.63 bits per heavy atom. The largest absolute Gasteiger partial charge is 0.350 e. The highest BCUT2D eigenvalue weighted by Gasteiger charge is 2.47. The van der Waals surface area contributed by atoms with Gasteiger partial charge in [-0.25, -0.2) is 17.2 Å². The number of nitrogens with one attached hydrogen (secondary N) is 1. The van der Waals surface area contributed by atoms with E-state index in [1.807, 2.05) is 13.0 Å². The average molecular weight is 444 g/mol. The SMILES string of the molecule is CCCS(=O)(=O)N1CCN(C2(CNC(=O)c3ccccc3)CCC(F)(F)CC2)CC1. The fraction of sp³-hybridized carbons (Fsp3) is 0.667. The molecule has 0 spiro atoms. The average Bonchev–Trinajstić information content (AvgIpc) is 2.74. The molecule has 2 aliphatic rings. The molecule has 1 N–H and O–H groups in total. The first-order valence-electron chi connectivity index (χ1n) is 10.6. The Kier molecular flexibility index (Phi) is 7.14. The lowest BCUT2D eigenvalue weighted by Gasteiger charge is -2.50. The summed E-state index contributed by atoms with van der Waals surface area (Å²) in [6.45, 7) is 3.78. The minimum Gasteiger partial charge on any atom is -0.350 e. The van der Waals surface area contributed by atoms with Crippen molar-refractivity contribution in [2.45, 2.75) is 50.5 Å². The Labute approximate surface area is 177 Å². The minimum absolute atomic E-state index is 0.123. The summed E-state index contributed by atoms with van der Waals surface area (Å²) in [5, 5.41) is 2.94. The van der Waals surface area contributed by atoms with Gasteiger partial charge in [-0.2, -0.15) is 4.31 Å². The third-order valence-electron chi connectivity index (χ3n) is 6.29. The molecule has 1 amide bonds. The lowest BCUT2D eigenvalue weighted by atomic mass is 9.78. The van der Waals surface area contributed by atoms with Crippen LogP contribution in [0.4, 0.5) is 8.78 Å². The Morgan fingerprint density at radius 1 is 1.03 bits per heavy atom. The lowest BCUT2D eigenvalue weighted by molar-refractivity contribution is -0.0856. The third-order valence-corrected chi connectivity index (χ3v) is 8.37. The van der Waals surface area contributed by atoms with Crippen LogP contribution in [0, 0.1) is 0 Å². The summed E-state index contributed by atoms with van der Waals surface area (Å²) < 4.78 is 54.0. The highest BCUT2D eigenvalue weighted by molar-refractivity contribution is 7.89. The lowest BCUT2D eigenvalue weighted by Crippen LogP contribution is -2.63. The summed E-state index contributed by atoms with van der Waals surface area (Å²) >= 11 is 0. The second-order valence-corrected chi connectivity index (χ2v) is 10.4. The van der Waals surface area contributed by atoms with E-state index in [0.29, 0.717) is 38.2 Å². The van der Waals surface area contributed by atoms with Gasteiger partial charge in [-0.05, 0) is 31.4 Å². The molecule has 2 fully saturated rings. The van der Waals surface area contributed by atoms with Crippen molar-refractivity contribution in [3.8, 4) is 0 Å². The number of carbonyl (C=O) groups excluding carboxylic acids is 1. The number of piperazine rings is 1. The number of amides is 1. The maximum Gasteiger partial charge on any atom is 0.251 e. The van der Waals surface area contributed by atoms with Crippen molar-refractivity contribution < 1.29 is 22.0 Å². The quantitative estimate of drug-likeness (QED) is 0.704. The second kappa shape index (κ2) is 9.28. The van der Waals surface area contributed by atoms with Crippen molar-refractivity contribution in [2.24, 2.45) is 0 Å². The van der Waals surface area contributed by atoms with Gasteiger partial charge in [0.2, 0.25) is 15.9 Å². The summed E-state index contributed by atoms with van der Waals surface area (Å²) in [5.74, 6) is -2.78. The normalized spacial score (nSPS) is 22.5. The number of halogens is 2. The van der Waals surface area contributed by atoms with Gasteiger partial charge in [0.05, 0.1) is 5.75 Å². The van der Waals surface area contributed by atoms with Crippen LogP contribution in [-0.4, -0.2) is 73.5 Å². The van der Waals surface area contributed by atoms with Crippen molar-refractivity contribution in [1.29, 1.82) is 0 Å². The standard InChI is InChI=1S/C21H31F2N3O3S/c1-2-16-30(28,29)26-14-12-25(13-15-26)20(8-10-21(22,23)11-9-20)17-24-19(27)18-6-4-3-5-7-18/h3-7H,2,8-17H2,1H3,(H,24,27). The van der Waals surface area contributed by atoms with E-state index in [9.17, 15) is 22.0 Å². The van der Waals surface area contributed by atoms with E-state index in [4.69, 9.17) is 0 Å². The van der Waals surface area contributed by atoms with Crippen LogP contribution in [0.25, 0.3) is 0 Å². The van der Waals surface area contributed by atoms with E-state index >= 15 is 0 Å². The molecule has 1 aliphatic carbocycles. The van der Waals surface area contributed by atoms with Crippen molar-refractivity contribution in [2.75, 3.05) is 38.5 Å².